The van der Waals surface area contributed by atoms with E-state index in [0.29, 0.717) is 0 Å². The fraction of sp³-hybridized carbons (Fsp3) is 0.200. The number of para-hydroxylation sites is 2. The maximum Gasteiger partial charge on any atom is 0.156 e. The predicted molar refractivity (Wildman–Crippen MR) is 55.3 cm³/mol. The number of aromatic amines is 1. The van der Waals surface area contributed by atoms with Crippen LogP contribution >= 0.6 is 0 Å². The van der Waals surface area contributed by atoms with E-state index < -0.39 is 0 Å². The quantitative estimate of drug-likeness (QED) is 0.579. The van der Waals surface area contributed by atoms with Crippen molar-refractivity contribution < 1.29 is 4.84 Å². The molecule has 0 spiro atoms. The third-order valence-corrected chi connectivity index (χ3v) is 1.96. The second kappa shape index (κ2) is 3.49. The third-order valence-electron chi connectivity index (χ3n) is 1.96. The summed E-state index contributed by atoms with van der Waals surface area (Å²) in [6, 6.07) is 7.85. The molecule has 72 valence electrons. The van der Waals surface area contributed by atoms with E-state index in [-0.39, 0.29) is 0 Å². The molecule has 1 aromatic heterocycles. The summed E-state index contributed by atoms with van der Waals surface area (Å²) in [5, 5.41) is 3.81. The number of rotatable bonds is 2. The molecule has 0 saturated carbocycles. The van der Waals surface area contributed by atoms with Gasteiger partial charge in [0, 0.05) is 0 Å². The van der Waals surface area contributed by atoms with E-state index in [2.05, 4.69) is 20.0 Å². The minimum Gasteiger partial charge on any atom is -0.399 e. The molecule has 4 heteroatoms. The van der Waals surface area contributed by atoms with Gasteiger partial charge >= 0.3 is 0 Å². The Morgan fingerprint density at radius 3 is 2.93 bits per heavy atom. The molecule has 14 heavy (non-hydrogen) atoms. The van der Waals surface area contributed by atoms with Gasteiger partial charge in [-0.25, -0.2) is 4.98 Å². The summed E-state index contributed by atoms with van der Waals surface area (Å²) in [5.74, 6) is 0.744. The maximum absolute atomic E-state index is 4.68. The normalized spacial score (nSPS) is 12.0. The number of hydrogen-bond donors (Lipinski definition) is 1. The van der Waals surface area contributed by atoms with Crippen molar-refractivity contribution in [1.82, 2.24) is 9.97 Å². The highest BCUT2D eigenvalue weighted by Crippen LogP contribution is 2.10. The van der Waals surface area contributed by atoms with E-state index in [9.17, 15) is 0 Å². The highest BCUT2D eigenvalue weighted by Gasteiger charge is 2.04. The van der Waals surface area contributed by atoms with Crippen molar-refractivity contribution in [1.29, 1.82) is 0 Å². The molecule has 0 aliphatic carbocycles. The molecule has 0 amide bonds. The molecular formula is C10H11N3O. The number of nitrogens with zero attached hydrogens (tertiary/aromatic N) is 2. The van der Waals surface area contributed by atoms with Crippen molar-refractivity contribution in [3.8, 4) is 0 Å². The predicted octanol–water partition coefficient (Wildman–Crippen LogP) is 1.93. The van der Waals surface area contributed by atoms with E-state index in [1.807, 2.05) is 31.2 Å². The van der Waals surface area contributed by atoms with Crippen molar-refractivity contribution in [2.24, 2.45) is 5.16 Å². The van der Waals surface area contributed by atoms with E-state index >= 15 is 0 Å². The smallest absolute Gasteiger partial charge is 0.156 e. The molecule has 0 unspecified atom stereocenters. The molecule has 1 heterocycles. The van der Waals surface area contributed by atoms with Crippen LogP contribution in [0.5, 0.6) is 0 Å². The van der Waals surface area contributed by atoms with Crippen molar-refractivity contribution in [2.45, 2.75) is 6.92 Å². The van der Waals surface area contributed by atoms with Crippen LogP contribution in [0.1, 0.15) is 12.7 Å². The van der Waals surface area contributed by atoms with Crippen LogP contribution in [-0.4, -0.2) is 22.8 Å². The fourth-order valence-corrected chi connectivity index (χ4v) is 1.30. The first-order valence-corrected chi connectivity index (χ1v) is 4.34. The average molecular weight is 189 g/mol. The minimum atomic E-state index is 0.740. The zero-order valence-electron chi connectivity index (χ0n) is 8.11. The molecule has 0 atom stereocenters. The van der Waals surface area contributed by atoms with Gasteiger partial charge in [0.2, 0.25) is 0 Å². The molecule has 2 rings (SSSR count). The fourth-order valence-electron chi connectivity index (χ4n) is 1.30. The number of oxime groups is 1. The highest BCUT2D eigenvalue weighted by molar-refractivity contribution is 5.97. The SMILES string of the molecule is CO/N=C(\C)c1nc2ccccc2[nH]1. The Labute approximate surface area is 81.6 Å². The molecular weight excluding hydrogens is 178 g/mol. The van der Waals surface area contributed by atoms with Gasteiger partial charge in [0.25, 0.3) is 0 Å². The minimum absolute atomic E-state index is 0.740. The van der Waals surface area contributed by atoms with Crippen LogP contribution in [0.3, 0.4) is 0 Å². The van der Waals surface area contributed by atoms with E-state index in [4.69, 9.17) is 0 Å². The molecule has 0 saturated heterocycles. The lowest BCUT2D eigenvalue weighted by Gasteiger charge is -1.92. The molecule has 1 aromatic carbocycles. The summed E-state index contributed by atoms with van der Waals surface area (Å²) in [4.78, 5) is 12.2. The maximum atomic E-state index is 4.68. The van der Waals surface area contributed by atoms with Crippen molar-refractivity contribution >= 4 is 16.7 Å². The summed E-state index contributed by atoms with van der Waals surface area (Å²) in [6.07, 6.45) is 0. The number of nitrogens with one attached hydrogen (secondary N) is 1. The van der Waals surface area contributed by atoms with Crippen molar-refractivity contribution in [2.75, 3.05) is 7.11 Å². The summed E-state index contributed by atoms with van der Waals surface area (Å²) in [7, 11) is 1.52. The molecule has 0 aliphatic rings. The van der Waals surface area contributed by atoms with Gasteiger partial charge in [-0.15, -0.1) is 0 Å². The van der Waals surface area contributed by atoms with Gasteiger partial charge < -0.3 is 9.82 Å². The lowest BCUT2D eigenvalue weighted by molar-refractivity contribution is 0.213. The molecule has 0 bridgehead atoms. The van der Waals surface area contributed by atoms with Gasteiger partial charge in [-0.05, 0) is 19.1 Å². The molecule has 1 N–H and O–H groups in total. The monoisotopic (exact) mass is 189 g/mol. The van der Waals surface area contributed by atoms with E-state index in [1.165, 1.54) is 7.11 Å². The topological polar surface area (TPSA) is 50.3 Å². The Morgan fingerprint density at radius 2 is 2.21 bits per heavy atom. The number of fused-ring (bicyclic) bond motifs is 1. The lowest BCUT2D eigenvalue weighted by Crippen LogP contribution is -1.97. The van der Waals surface area contributed by atoms with Gasteiger partial charge in [-0.3, -0.25) is 0 Å². The molecule has 0 aliphatic heterocycles. The first-order chi connectivity index (χ1) is 6.81. The van der Waals surface area contributed by atoms with E-state index in [0.717, 1.165) is 22.6 Å². The number of imidazole rings is 1. The molecule has 0 fully saturated rings. The van der Waals surface area contributed by atoms with Crippen LogP contribution in [0, 0.1) is 0 Å². The third kappa shape index (κ3) is 1.46. The zero-order chi connectivity index (χ0) is 9.97. The van der Waals surface area contributed by atoms with Crippen molar-refractivity contribution in [3.63, 3.8) is 0 Å². The number of benzene rings is 1. The average Bonchev–Trinajstić information content (AvgIpc) is 2.61. The summed E-state index contributed by atoms with van der Waals surface area (Å²) < 4.78 is 0. The molecule has 2 aromatic rings. The Balaban J connectivity index is 2.50. The first-order valence-electron chi connectivity index (χ1n) is 4.34. The Morgan fingerprint density at radius 1 is 1.43 bits per heavy atom. The number of H-pyrrole nitrogens is 1. The second-order valence-corrected chi connectivity index (χ2v) is 2.96. The molecule has 0 radical (unpaired) electrons. The van der Waals surface area contributed by atoms with Crippen LogP contribution in [-0.2, 0) is 4.84 Å². The van der Waals surface area contributed by atoms with Gasteiger partial charge in [-0.2, -0.15) is 0 Å². The van der Waals surface area contributed by atoms with Crippen molar-refractivity contribution in [3.05, 3.63) is 30.1 Å². The van der Waals surface area contributed by atoms with Crippen LogP contribution < -0.4 is 0 Å². The van der Waals surface area contributed by atoms with Crippen LogP contribution in [0.4, 0.5) is 0 Å². The Bertz CT molecular complexity index is 440. The first kappa shape index (κ1) is 8.74. The van der Waals surface area contributed by atoms with Crippen LogP contribution in [0.25, 0.3) is 11.0 Å². The Kier molecular flexibility index (Phi) is 2.18. The van der Waals surface area contributed by atoms with Gasteiger partial charge in [0.1, 0.15) is 12.8 Å². The van der Waals surface area contributed by atoms with Gasteiger partial charge in [0.15, 0.2) is 5.82 Å². The van der Waals surface area contributed by atoms with E-state index in [1.54, 1.807) is 0 Å². The second-order valence-electron chi connectivity index (χ2n) is 2.96. The lowest BCUT2D eigenvalue weighted by atomic mass is 10.3. The standard InChI is InChI=1S/C10H11N3O/c1-7(13-14-2)10-11-8-5-3-4-6-9(8)12-10/h3-6H,1-2H3,(H,11,12)/b13-7+. The molecule has 4 nitrogen and oxygen atoms in total. The van der Waals surface area contributed by atoms with Gasteiger partial charge in [-0.1, -0.05) is 17.3 Å². The summed E-state index contributed by atoms with van der Waals surface area (Å²) in [5.41, 5.74) is 2.69. The van der Waals surface area contributed by atoms with Gasteiger partial charge in [0.05, 0.1) is 11.0 Å². The van der Waals surface area contributed by atoms with Crippen LogP contribution in [0.2, 0.25) is 0 Å². The summed E-state index contributed by atoms with van der Waals surface area (Å²) >= 11 is 0. The summed E-state index contributed by atoms with van der Waals surface area (Å²) in [6.45, 7) is 1.85. The Hall–Kier alpha value is -1.84. The largest absolute Gasteiger partial charge is 0.399 e. The number of hydrogen-bond acceptors (Lipinski definition) is 3. The highest BCUT2D eigenvalue weighted by atomic mass is 16.6. The van der Waals surface area contributed by atoms with Crippen LogP contribution in [0.15, 0.2) is 29.4 Å². The zero-order valence-corrected chi connectivity index (χ0v) is 8.11. The number of aromatic nitrogens is 2.